The van der Waals surface area contributed by atoms with Gasteiger partial charge in [0.1, 0.15) is 34.5 Å². The van der Waals surface area contributed by atoms with E-state index in [-0.39, 0.29) is 0 Å². The maximum Gasteiger partial charge on any atom is 0.127 e. The highest BCUT2D eigenvalue weighted by molar-refractivity contribution is 5.75. The van der Waals surface area contributed by atoms with Crippen LogP contribution in [0.2, 0.25) is 0 Å². The second-order valence-electron chi connectivity index (χ2n) is 8.20. The minimum atomic E-state index is 0.745. The minimum Gasteiger partial charge on any atom is -0.496 e. The van der Waals surface area contributed by atoms with E-state index >= 15 is 0 Å². The number of methoxy groups -OCH3 is 4. The summed E-state index contributed by atoms with van der Waals surface area (Å²) in [5, 5.41) is 0. The molecule has 4 rings (SSSR count). The van der Waals surface area contributed by atoms with Gasteiger partial charge in [0.25, 0.3) is 0 Å². The fraction of sp³-hybridized carbons (Fsp3) is 0.200. The molecule has 5 nitrogen and oxygen atoms in total. The predicted molar refractivity (Wildman–Crippen MR) is 140 cm³/mol. The molecule has 0 saturated carbocycles. The van der Waals surface area contributed by atoms with Gasteiger partial charge in [0, 0.05) is 11.1 Å². The maximum atomic E-state index is 6.09. The Bertz CT molecular complexity index is 1210. The highest BCUT2D eigenvalue weighted by Crippen LogP contribution is 2.38. The van der Waals surface area contributed by atoms with E-state index in [4.69, 9.17) is 23.7 Å². The number of rotatable bonds is 8. The zero-order valence-corrected chi connectivity index (χ0v) is 21.0. The van der Waals surface area contributed by atoms with Crippen molar-refractivity contribution in [3.8, 4) is 56.8 Å². The highest BCUT2D eigenvalue weighted by Gasteiger charge is 2.13. The summed E-state index contributed by atoms with van der Waals surface area (Å²) in [6, 6.07) is 23.8. The van der Waals surface area contributed by atoms with E-state index in [1.807, 2.05) is 86.6 Å². The predicted octanol–water partition coefficient (Wildman–Crippen LogP) is 7.46. The fourth-order valence-electron chi connectivity index (χ4n) is 4.09. The van der Waals surface area contributed by atoms with Crippen LogP contribution in [-0.2, 0) is 0 Å². The third-order valence-electron chi connectivity index (χ3n) is 6.00. The lowest BCUT2D eigenvalue weighted by Crippen LogP contribution is -1.94. The number of hydrogen-bond acceptors (Lipinski definition) is 5. The minimum absolute atomic E-state index is 0.745. The fourth-order valence-corrected chi connectivity index (χ4v) is 4.09. The zero-order chi connectivity index (χ0) is 24.9. The van der Waals surface area contributed by atoms with E-state index in [9.17, 15) is 0 Å². The van der Waals surface area contributed by atoms with Crippen molar-refractivity contribution in [2.75, 3.05) is 28.4 Å². The summed E-state index contributed by atoms with van der Waals surface area (Å²) in [7, 11) is 6.70. The molecule has 0 amide bonds. The quantitative estimate of drug-likeness (QED) is 0.267. The molecule has 0 atom stereocenters. The van der Waals surface area contributed by atoms with Crippen molar-refractivity contribution in [1.82, 2.24) is 0 Å². The van der Waals surface area contributed by atoms with Crippen LogP contribution in [0.3, 0.4) is 0 Å². The summed E-state index contributed by atoms with van der Waals surface area (Å²) in [6.07, 6.45) is 0. The van der Waals surface area contributed by atoms with Gasteiger partial charge in [-0.2, -0.15) is 0 Å². The zero-order valence-electron chi connectivity index (χ0n) is 21.0. The maximum absolute atomic E-state index is 6.09. The Labute approximate surface area is 206 Å². The Morgan fingerprint density at radius 1 is 0.429 bits per heavy atom. The van der Waals surface area contributed by atoms with Crippen LogP contribution in [0.5, 0.6) is 34.5 Å². The van der Waals surface area contributed by atoms with E-state index in [0.29, 0.717) is 0 Å². The molecule has 4 aromatic rings. The van der Waals surface area contributed by atoms with Crippen molar-refractivity contribution in [1.29, 1.82) is 0 Å². The average Bonchev–Trinajstić information content (AvgIpc) is 2.89. The van der Waals surface area contributed by atoms with Gasteiger partial charge >= 0.3 is 0 Å². The molecular formula is C30H30O5. The molecule has 0 radical (unpaired) electrons. The third kappa shape index (κ3) is 5.04. The summed E-state index contributed by atoms with van der Waals surface area (Å²) >= 11 is 0. The summed E-state index contributed by atoms with van der Waals surface area (Å²) < 4.78 is 28.2. The van der Waals surface area contributed by atoms with Crippen molar-refractivity contribution in [2.24, 2.45) is 0 Å². The van der Waals surface area contributed by atoms with Crippen LogP contribution in [0.25, 0.3) is 22.3 Å². The van der Waals surface area contributed by atoms with Gasteiger partial charge in [-0.15, -0.1) is 0 Å². The molecule has 4 aromatic carbocycles. The number of aryl methyl sites for hydroxylation is 2. The second-order valence-corrected chi connectivity index (χ2v) is 8.20. The first-order valence-corrected chi connectivity index (χ1v) is 11.3. The Hall–Kier alpha value is -4.12. The van der Waals surface area contributed by atoms with Gasteiger partial charge in [-0.3, -0.25) is 0 Å². The lowest BCUT2D eigenvalue weighted by Gasteiger charge is -2.14. The SMILES string of the molecule is COc1cc(-c2ccc(Oc3ccc(-c4cc(OC)c(C)cc4OC)cc3)cc2)c(OC)cc1C. The molecule has 0 unspecified atom stereocenters. The van der Waals surface area contributed by atoms with Gasteiger partial charge in [0.05, 0.1) is 28.4 Å². The first-order valence-electron chi connectivity index (χ1n) is 11.3. The van der Waals surface area contributed by atoms with E-state index in [1.54, 1.807) is 28.4 Å². The molecule has 0 aliphatic rings. The Balaban J connectivity index is 1.55. The molecule has 5 heteroatoms. The lowest BCUT2D eigenvalue weighted by molar-refractivity contribution is 0.402. The second kappa shape index (κ2) is 10.4. The monoisotopic (exact) mass is 470 g/mol. The normalized spacial score (nSPS) is 10.6. The third-order valence-corrected chi connectivity index (χ3v) is 6.00. The van der Waals surface area contributed by atoms with Gasteiger partial charge in [0.2, 0.25) is 0 Å². The Kier molecular flexibility index (Phi) is 7.16. The number of hydrogen-bond donors (Lipinski definition) is 0. The van der Waals surface area contributed by atoms with Gasteiger partial charge in [-0.05, 0) is 84.6 Å². The van der Waals surface area contributed by atoms with Crippen LogP contribution in [0.15, 0.2) is 72.8 Å². The van der Waals surface area contributed by atoms with Crippen molar-refractivity contribution >= 4 is 0 Å². The summed E-state index contributed by atoms with van der Waals surface area (Å²) in [4.78, 5) is 0. The molecule has 35 heavy (non-hydrogen) atoms. The topological polar surface area (TPSA) is 46.2 Å². The van der Waals surface area contributed by atoms with Crippen LogP contribution in [0.4, 0.5) is 0 Å². The summed E-state index contributed by atoms with van der Waals surface area (Å²) in [5.41, 5.74) is 6.02. The summed E-state index contributed by atoms with van der Waals surface area (Å²) in [6.45, 7) is 4.00. The number of ether oxygens (including phenoxy) is 5. The first-order chi connectivity index (χ1) is 17.0. The highest BCUT2D eigenvalue weighted by atomic mass is 16.5. The lowest BCUT2D eigenvalue weighted by atomic mass is 10.0. The largest absolute Gasteiger partial charge is 0.496 e. The molecule has 0 heterocycles. The van der Waals surface area contributed by atoms with Crippen LogP contribution in [-0.4, -0.2) is 28.4 Å². The molecule has 180 valence electrons. The van der Waals surface area contributed by atoms with Gasteiger partial charge in [-0.1, -0.05) is 24.3 Å². The van der Waals surface area contributed by atoms with Crippen LogP contribution >= 0.6 is 0 Å². The van der Waals surface area contributed by atoms with Gasteiger partial charge < -0.3 is 23.7 Å². The van der Waals surface area contributed by atoms with Gasteiger partial charge in [0.15, 0.2) is 0 Å². The smallest absolute Gasteiger partial charge is 0.127 e. The van der Waals surface area contributed by atoms with E-state index in [0.717, 1.165) is 67.9 Å². The first kappa shape index (κ1) is 24.0. The standard InChI is InChI=1S/C30H30O5/c1-19-15-29(33-5)25(17-27(19)31-3)21-7-11-23(12-8-21)35-24-13-9-22(10-14-24)26-18-28(32-4)20(2)16-30(26)34-6/h7-18H,1-6H3. The van der Waals surface area contributed by atoms with Crippen molar-refractivity contribution in [3.05, 3.63) is 83.9 Å². The van der Waals surface area contributed by atoms with Gasteiger partial charge in [-0.25, -0.2) is 0 Å². The molecule has 0 N–H and O–H groups in total. The molecule has 0 spiro atoms. The van der Waals surface area contributed by atoms with Crippen molar-refractivity contribution < 1.29 is 23.7 Å². The van der Waals surface area contributed by atoms with E-state index in [2.05, 4.69) is 0 Å². The van der Waals surface area contributed by atoms with Crippen LogP contribution in [0.1, 0.15) is 11.1 Å². The molecule has 0 saturated heterocycles. The molecule has 0 aliphatic carbocycles. The Morgan fingerprint density at radius 3 is 1.09 bits per heavy atom. The van der Waals surface area contributed by atoms with Crippen molar-refractivity contribution in [2.45, 2.75) is 13.8 Å². The molecule has 0 fully saturated rings. The molecule has 0 bridgehead atoms. The van der Waals surface area contributed by atoms with Crippen LogP contribution < -0.4 is 23.7 Å². The molecular weight excluding hydrogens is 440 g/mol. The van der Waals surface area contributed by atoms with E-state index < -0.39 is 0 Å². The number of benzene rings is 4. The summed E-state index contributed by atoms with van der Waals surface area (Å²) in [5.74, 6) is 4.74. The van der Waals surface area contributed by atoms with Crippen LogP contribution in [0, 0.1) is 13.8 Å². The average molecular weight is 471 g/mol. The molecule has 0 aliphatic heterocycles. The van der Waals surface area contributed by atoms with E-state index in [1.165, 1.54) is 0 Å². The van der Waals surface area contributed by atoms with Crippen molar-refractivity contribution in [3.63, 3.8) is 0 Å². The molecule has 0 aromatic heterocycles. The Morgan fingerprint density at radius 2 is 0.771 bits per heavy atom.